The second-order valence-electron chi connectivity index (χ2n) is 5.32. The van der Waals surface area contributed by atoms with Crippen LogP contribution in [0.3, 0.4) is 0 Å². The Morgan fingerprint density at radius 1 is 1.23 bits per heavy atom. The van der Waals surface area contributed by atoms with Crippen molar-refractivity contribution in [1.29, 1.82) is 0 Å². The van der Waals surface area contributed by atoms with Crippen LogP contribution in [-0.4, -0.2) is 44.6 Å². The fraction of sp³-hybridized carbons (Fsp3) is 0.429. The number of nitrogens with one attached hydrogen (secondary N) is 2. The van der Waals surface area contributed by atoms with E-state index >= 15 is 0 Å². The lowest BCUT2D eigenvalue weighted by Crippen LogP contribution is -2.17. The van der Waals surface area contributed by atoms with E-state index in [-0.39, 0.29) is 0 Å². The minimum atomic E-state index is 0.683. The molecular weight excluding hydrogens is 298 g/mol. The summed E-state index contributed by atoms with van der Waals surface area (Å²) in [6.45, 7) is 3.07. The Balaban J connectivity index is 1.38. The highest BCUT2D eigenvalue weighted by Crippen LogP contribution is 2.24. The van der Waals surface area contributed by atoms with E-state index in [9.17, 15) is 0 Å². The van der Waals surface area contributed by atoms with Crippen LogP contribution >= 0.6 is 11.3 Å². The van der Waals surface area contributed by atoms with Crippen molar-refractivity contribution in [2.24, 2.45) is 0 Å². The van der Waals surface area contributed by atoms with Crippen molar-refractivity contribution in [3.8, 4) is 0 Å². The molecule has 0 atom stereocenters. The Bertz CT molecular complexity index is 759. The molecule has 4 rings (SSSR count). The van der Waals surface area contributed by atoms with Gasteiger partial charge in [-0.3, -0.25) is 0 Å². The summed E-state index contributed by atoms with van der Waals surface area (Å²) in [6, 6.07) is 0. The maximum Gasteiger partial charge on any atom is 0.185 e. The summed E-state index contributed by atoms with van der Waals surface area (Å²) in [7, 11) is 0. The molecule has 0 saturated carbocycles. The second-order valence-corrected chi connectivity index (χ2v) is 6.15. The van der Waals surface area contributed by atoms with E-state index in [4.69, 9.17) is 4.98 Å². The zero-order valence-electron chi connectivity index (χ0n) is 12.1. The minimum Gasteiger partial charge on any atom is -0.368 e. The first-order valence-corrected chi connectivity index (χ1v) is 8.35. The third-order valence-electron chi connectivity index (χ3n) is 3.81. The number of nitrogens with zero attached hydrogens (tertiary/aromatic N) is 5. The first-order chi connectivity index (χ1) is 10.9. The Morgan fingerprint density at radius 3 is 3.05 bits per heavy atom. The average Bonchev–Trinajstić information content (AvgIpc) is 3.28. The lowest BCUT2D eigenvalue weighted by molar-refractivity contribution is 0.923. The van der Waals surface area contributed by atoms with Crippen LogP contribution in [0.1, 0.15) is 18.5 Å². The van der Waals surface area contributed by atoms with Crippen molar-refractivity contribution in [2.75, 3.05) is 29.9 Å². The van der Waals surface area contributed by atoms with Crippen molar-refractivity contribution in [2.45, 2.75) is 19.3 Å². The Morgan fingerprint density at radius 2 is 2.14 bits per heavy atom. The molecule has 7 nitrogen and oxygen atoms in total. The molecule has 2 N–H and O–H groups in total. The molecule has 0 aromatic carbocycles. The quantitative estimate of drug-likeness (QED) is 0.750. The fourth-order valence-corrected chi connectivity index (χ4v) is 3.59. The first kappa shape index (κ1) is 13.4. The van der Waals surface area contributed by atoms with Gasteiger partial charge in [0.05, 0.1) is 12.0 Å². The van der Waals surface area contributed by atoms with E-state index < -0.39 is 0 Å². The van der Waals surface area contributed by atoms with Crippen LogP contribution in [0, 0.1) is 0 Å². The highest BCUT2D eigenvalue weighted by molar-refractivity contribution is 7.13. The van der Waals surface area contributed by atoms with Gasteiger partial charge in [0.1, 0.15) is 11.8 Å². The molecule has 1 fully saturated rings. The predicted molar refractivity (Wildman–Crippen MR) is 87.4 cm³/mol. The minimum absolute atomic E-state index is 0.683. The number of thiazole rings is 1. The number of imidazole rings is 1. The van der Waals surface area contributed by atoms with Crippen molar-refractivity contribution >= 4 is 33.5 Å². The summed E-state index contributed by atoms with van der Waals surface area (Å²) in [5.74, 6) is 0.789. The van der Waals surface area contributed by atoms with Crippen molar-refractivity contribution in [3.05, 3.63) is 23.7 Å². The van der Waals surface area contributed by atoms with Gasteiger partial charge >= 0.3 is 0 Å². The predicted octanol–water partition coefficient (Wildman–Crippen LogP) is 2.06. The molecule has 3 aromatic heterocycles. The standard InChI is InChI=1S/C14H17N7S/c1-2-6-21(5-1)14-20-10(7-22-14)3-4-15-12-11-13(17-8-16-11)19-9-18-12/h7-9H,1-6H2,(H2,15,16,17,18,19). The lowest BCUT2D eigenvalue weighted by Gasteiger charge is -2.12. The molecular formula is C14H17N7S. The Labute approximate surface area is 131 Å². The number of hydrogen-bond acceptors (Lipinski definition) is 7. The van der Waals surface area contributed by atoms with Crippen LogP contribution in [0.25, 0.3) is 11.2 Å². The highest BCUT2D eigenvalue weighted by Gasteiger charge is 2.15. The zero-order valence-corrected chi connectivity index (χ0v) is 12.9. The van der Waals surface area contributed by atoms with Gasteiger partial charge in [0.2, 0.25) is 0 Å². The number of H-pyrrole nitrogens is 1. The summed E-state index contributed by atoms with van der Waals surface area (Å²) in [4.78, 5) is 22.7. The largest absolute Gasteiger partial charge is 0.368 e. The van der Waals surface area contributed by atoms with Gasteiger partial charge in [0, 0.05) is 31.4 Å². The Hall–Kier alpha value is -2.22. The summed E-state index contributed by atoms with van der Waals surface area (Å²) in [5.41, 5.74) is 2.66. The van der Waals surface area contributed by atoms with Gasteiger partial charge in [-0.25, -0.2) is 19.9 Å². The van der Waals surface area contributed by atoms with Crippen molar-refractivity contribution in [1.82, 2.24) is 24.9 Å². The molecule has 0 spiro atoms. The van der Waals surface area contributed by atoms with Gasteiger partial charge in [-0.05, 0) is 12.8 Å². The number of rotatable bonds is 5. The molecule has 22 heavy (non-hydrogen) atoms. The van der Waals surface area contributed by atoms with E-state index in [1.54, 1.807) is 17.7 Å². The fourth-order valence-electron chi connectivity index (χ4n) is 2.67. The third-order valence-corrected chi connectivity index (χ3v) is 4.76. The SMILES string of the molecule is c1nc(NCCc2csc(N3CCCC3)n2)c2[nH]cnc2n1. The molecule has 3 aromatic rings. The molecule has 8 heteroatoms. The maximum absolute atomic E-state index is 4.73. The third kappa shape index (κ3) is 2.61. The van der Waals surface area contributed by atoms with Crippen LogP contribution in [-0.2, 0) is 6.42 Å². The van der Waals surface area contributed by atoms with Gasteiger partial charge in [-0.2, -0.15) is 0 Å². The molecule has 4 heterocycles. The number of aromatic nitrogens is 5. The van der Waals surface area contributed by atoms with Crippen LogP contribution in [0.15, 0.2) is 18.0 Å². The zero-order chi connectivity index (χ0) is 14.8. The summed E-state index contributed by atoms with van der Waals surface area (Å²) < 4.78 is 0. The van der Waals surface area contributed by atoms with Gasteiger partial charge in [0.25, 0.3) is 0 Å². The van der Waals surface area contributed by atoms with Gasteiger partial charge in [0.15, 0.2) is 16.6 Å². The van der Waals surface area contributed by atoms with Gasteiger partial charge < -0.3 is 15.2 Å². The summed E-state index contributed by atoms with van der Waals surface area (Å²) >= 11 is 1.74. The topological polar surface area (TPSA) is 82.6 Å². The number of fused-ring (bicyclic) bond motifs is 1. The number of aromatic amines is 1. The molecule has 1 saturated heterocycles. The number of hydrogen-bond donors (Lipinski definition) is 2. The lowest BCUT2D eigenvalue weighted by atomic mass is 10.3. The van der Waals surface area contributed by atoms with Crippen LogP contribution in [0.2, 0.25) is 0 Å². The number of anilines is 2. The van der Waals surface area contributed by atoms with E-state index in [1.165, 1.54) is 19.2 Å². The monoisotopic (exact) mass is 315 g/mol. The van der Waals surface area contributed by atoms with Crippen LogP contribution in [0.4, 0.5) is 10.9 Å². The molecule has 0 amide bonds. The molecule has 114 valence electrons. The van der Waals surface area contributed by atoms with Gasteiger partial charge in [-0.15, -0.1) is 11.3 Å². The second kappa shape index (κ2) is 5.88. The smallest absolute Gasteiger partial charge is 0.185 e. The van der Waals surface area contributed by atoms with E-state index in [0.717, 1.165) is 48.2 Å². The maximum atomic E-state index is 4.73. The summed E-state index contributed by atoms with van der Waals surface area (Å²) in [6.07, 6.45) is 6.60. The molecule has 0 bridgehead atoms. The highest BCUT2D eigenvalue weighted by atomic mass is 32.1. The molecule has 1 aliphatic rings. The molecule has 0 aliphatic carbocycles. The average molecular weight is 315 g/mol. The first-order valence-electron chi connectivity index (χ1n) is 7.47. The van der Waals surface area contributed by atoms with Crippen molar-refractivity contribution in [3.63, 3.8) is 0 Å². The van der Waals surface area contributed by atoms with Gasteiger partial charge in [-0.1, -0.05) is 0 Å². The van der Waals surface area contributed by atoms with Crippen LogP contribution in [0.5, 0.6) is 0 Å². The Kier molecular flexibility index (Phi) is 3.59. The van der Waals surface area contributed by atoms with E-state index in [1.807, 2.05) is 0 Å². The van der Waals surface area contributed by atoms with Crippen LogP contribution < -0.4 is 10.2 Å². The normalized spacial score (nSPS) is 14.8. The van der Waals surface area contributed by atoms with E-state index in [0.29, 0.717) is 5.65 Å². The van der Waals surface area contributed by atoms with Crippen molar-refractivity contribution < 1.29 is 0 Å². The summed E-state index contributed by atoms with van der Waals surface area (Å²) in [5, 5.41) is 6.64. The molecule has 1 aliphatic heterocycles. The molecule has 0 unspecified atom stereocenters. The van der Waals surface area contributed by atoms with E-state index in [2.05, 4.69) is 35.5 Å². The molecule has 0 radical (unpaired) electrons.